The number of nitrogens with one attached hydrogen (secondary N) is 1. The number of fused-ring (bicyclic) bond motifs is 3. The molecule has 6 heteroatoms. The number of benzene rings is 2. The smallest absolute Gasteiger partial charge is 0.407 e. The van der Waals surface area contributed by atoms with E-state index >= 15 is 0 Å². The number of alkyl carbamates (subject to hydrolysis) is 1. The highest BCUT2D eigenvalue weighted by Gasteiger charge is 2.28. The molecule has 2 aromatic carbocycles. The van der Waals surface area contributed by atoms with Crippen LogP contribution in [0.4, 0.5) is 4.79 Å². The van der Waals surface area contributed by atoms with Gasteiger partial charge in [-0.2, -0.15) is 0 Å². The molecule has 1 amide bonds. The Morgan fingerprint density at radius 1 is 0.900 bits per heavy atom. The van der Waals surface area contributed by atoms with Gasteiger partial charge in [-0.3, -0.25) is 4.79 Å². The number of hydrogen-bond acceptors (Lipinski definition) is 5. The maximum atomic E-state index is 12.1. The summed E-state index contributed by atoms with van der Waals surface area (Å²) in [5, 5.41) is 2.75. The molecule has 0 atom stereocenters. The second kappa shape index (κ2) is 11.4. The van der Waals surface area contributed by atoms with E-state index in [2.05, 4.69) is 29.6 Å². The third-order valence-corrected chi connectivity index (χ3v) is 5.02. The van der Waals surface area contributed by atoms with Gasteiger partial charge in [-0.25, -0.2) is 4.79 Å². The molecule has 0 saturated heterocycles. The third-order valence-electron chi connectivity index (χ3n) is 5.02. The zero-order chi connectivity index (χ0) is 21.2. The minimum absolute atomic E-state index is 0.0573. The molecule has 30 heavy (non-hydrogen) atoms. The molecule has 0 unspecified atom stereocenters. The molecule has 160 valence electrons. The summed E-state index contributed by atoms with van der Waals surface area (Å²) in [5.41, 5.74) is 4.80. The lowest BCUT2D eigenvalue weighted by atomic mass is 9.98. The van der Waals surface area contributed by atoms with E-state index in [1.165, 1.54) is 22.3 Å². The minimum atomic E-state index is -0.426. The molecule has 0 spiro atoms. The standard InChI is InChI=1S/C24H29NO5/c1-2-8-23(26)29-16-15-28-14-7-13-25-24(27)30-17-22-20-11-5-3-9-18(20)19-10-4-6-12-21(19)22/h3-6,9-12,22H,2,7-8,13-17H2,1H3,(H,25,27). The fourth-order valence-corrected chi connectivity index (χ4v) is 3.61. The van der Waals surface area contributed by atoms with E-state index in [0.29, 0.717) is 39.2 Å². The van der Waals surface area contributed by atoms with Gasteiger partial charge in [0.1, 0.15) is 13.2 Å². The Kier molecular flexibility index (Phi) is 8.27. The molecule has 1 aliphatic carbocycles. The Bertz CT molecular complexity index is 805. The first kappa shape index (κ1) is 21.8. The first-order chi connectivity index (χ1) is 14.7. The van der Waals surface area contributed by atoms with Gasteiger partial charge in [0, 0.05) is 25.5 Å². The van der Waals surface area contributed by atoms with Crippen LogP contribution in [-0.4, -0.2) is 45.0 Å². The van der Waals surface area contributed by atoms with Gasteiger partial charge in [-0.05, 0) is 35.1 Å². The molecular weight excluding hydrogens is 382 g/mol. The van der Waals surface area contributed by atoms with E-state index in [1.807, 2.05) is 31.2 Å². The van der Waals surface area contributed by atoms with Gasteiger partial charge in [0.25, 0.3) is 0 Å². The van der Waals surface area contributed by atoms with E-state index in [-0.39, 0.29) is 18.5 Å². The topological polar surface area (TPSA) is 73.9 Å². The maximum Gasteiger partial charge on any atom is 0.407 e. The molecule has 0 saturated carbocycles. The largest absolute Gasteiger partial charge is 0.463 e. The number of carbonyl (C=O) groups is 2. The van der Waals surface area contributed by atoms with Crippen LogP contribution in [-0.2, 0) is 19.0 Å². The summed E-state index contributed by atoms with van der Waals surface area (Å²) in [6.07, 6.45) is 1.45. The van der Waals surface area contributed by atoms with E-state index in [9.17, 15) is 9.59 Å². The van der Waals surface area contributed by atoms with Crippen molar-refractivity contribution in [2.45, 2.75) is 32.1 Å². The molecule has 0 bridgehead atoms. The normalized spacial score (nSPS) is 12.2. The van der Waals surface area contributed by atoms with Crippen molar-refractivity contribution in [3.63, 3.8) is 0 Å². The molecule has 2 aromatic rings. The third kappa shape index (κ3) is 5.83. The van der Waals surface area contributed by atoms with Crippen LogP contribution in [0, 0.1) is 0 Å². The fraction of sp³-hybridized carbons (Fsp3) is 0.417. The molecule has 6 nitrogen and oxygen atoms in total. The summed E-state index contributed by atoms with van der Waals surface area (Å²) in [6, 6.07) is 16.5. The SMILES string of the molecule is CCCC(=O)OCCOCCCNC(=O)OCC1c2ccccc2-c2ccccc21. The van der Waals surface area contributed by atoms with Crippen LogP contribution in [0.1, 0.15) is 43.2 Å². The van der Waals surface area contributed by atoms with Crippen LogP contribution in [0.25, 0.3) is 11.1 Å². The van der Waals surface area contributed by atoms with Crippen LogP contribution >= 0.6 is 0 Å². The lowest BCUT2D eigenvalue weighted by Crippen LogP contribution is -2.27. The molecule has 0 heterocycles. The Balaban J connectivity index is 1.33. The number of rotatable bonds is 11. The van der Waals surface area contributed by atoms with Gasteiger partial charge in [-0.15, -0.1) is 0 Å². The molecule has 0 aromatic heterocycles. The fourth-order valence-electron chi connectivity index (χ4n) is 3.61. The molecule has 0 fully saturated rings. The number of amides is 1. The predicted octanol–water partition coefficient (Wildman–Crippen LogP) is 4.28. The van der Waals surface area contributed by atoms with Gasteiger partial charge < -0.3 is 19.5 Å². The van der Waals surface area contributed by atoms with Crippen molar-refractivity contribution in [1.29, 1.82) is 0 Å². The second-order valence-corrected chi connectivity index (χ2v) is 7.19. The number of hydrogen-bond donors (Lipinski definition) is 1. The second-order valence-electron chi connectivity index (χ2n) is 7.19. The van der Waals surface area contributed by atoms with Crippen LogP contribution < -0.4 is 5.32 Å². The zero-order valence-electron chi connectivity index (χ0n) is 17.4. The van der Waals surface area contributed by atoms with Gasteiger partial charge in [0.15, 0.2) is 0 Å². The van der Waals surface area contributed by atoms with Crippen LogP contribution in [0.15, 0.2) is 48.5 Å². The van der Waals surface area contributed by atoms with Crippen molar-refractivity contribution in [2.24, 2.45) is 0 Å². The Labute approximate surface area is 177 Å². The first-order valence-corrected chi connectivity index (χ1v) is 10.5. The number of ether oxygens (including phenoxy) is 3. The van der Waals surface area contributed by atoms with Crippen molar-refractivity contribution >= 4 is 12.1 Å². The maximum absolute atomic E-state index is 12.1. The zero-order valence-corrected chi connectivity index (χ0v) is 17.4. The number of esters is 1. The van der Waals surface area contributed by atoms with Gasteiger partial charge in [0.05, 0.1) is 6.61 Å². The first-order valence-electron chi connectivity index (χ1n) is 10.5. The molecule has 1 aliphatic rings. The number of carbonyl (C=O) groups excluding carboxylic acids is 2. The molecule has 1 N–H and O–H groups in total. The summed E-state index contributed by atoms with van der Waals surface area (Å²) in [4.78, 5) is 23.3. The summed E-state index contributed by atoms with van der Waals surface area (Å²) in [5.74, 6) is -0.139. The van der Waals surface area contributed by atoms with Gasteiger partial charge in [-0.1, -0.05) is 55.5 Å². The molecule has 0 radical (unpaired) electrons. The van der Waals surface area contributed by atoms with E-state index in [0.717, 1.165) is 6.42 Å². The highest BCUT2D eigenvalue weighted by Crippen LogP contribution is 2.44. The predicted molar refractivity (Wildman–Crippen MR) is 114 cm³/mol. The lowest BCUT2D eigenvalue weighted by molar-refractivity contribution is -0.145. The van der Waals surface area contributed by atoms with Crippen molar-refractivity contribution < 1.29 is 23.8 Å². The summed E-state index contributed by atoms with van der Waals surface area (Å²) in [6.45, 7) is 3.81. The van der Waals surface area contributed by atoms with Crippen LogP contribution in [0.5, 0.6) is 0 Å². The summed E-state index contributed by atoms with van der Waals surface area (Å²) < 4.78 is 15.9. The Morgan fingerprint density at radius 3 is 2.23 bits per heavy atom. The van der Waals surface area contributed by atoms with Crippen LogP contribution in [0.3, 0.4) is 0 Å². The van der Waals surface area contributed by atoms with E-state index in [4.69, 9.17) is 14.2 Å². The van der Waals surface area contributed by atoms with Gasteiger partial charge >= 0.3 is 12.1 Å². The highest BCUT2D eigenvalue weighted by molar-refractivity contribution is 5.79. The molecular formula is C24H29NO5. The lowest BCUT2D eigenvalue weighted by Gasteiger charge is -2.14. The van der Waals surface area contributed by atoms with Gasteiger partial charge in [0.2, 0.25) is 0 Å². The quantitative estimate of drug-likeness (QED) is 0.441. The molecule has 0 aliphatic heterocycles. The van der Waals surface area contributed by atoms with E-state index in [1.54, 1.807) is 0 Å². The summed E-state index contributed by atoms with van der Waals surface area (Å²) in [7, 11) is 0. The molecule has 3 rings (SSSR count). The van der Waals surface area contributed by atoms with Crippen LogP contribution in [0.2, 0.25) is 0 Å². The van der Waals surface area contributed by atoms with Crippen molar-refractivity contribution in [2.75, 3.05) is 33.0 Å². The Morgan fingerprint density at radius 2 is 1.57 bits per heavy atom. The summed E-state index contributed by atoms with van der Waals surface area (Å²) >= 11 is 0. The van der Waals surface area contributed by atoms with Crippen molar-refractivity contribution in [3.05, 3.63) is 59.7 Å². The monoisotopic (exact) mass is 411 g/mol. The van der Waals surface area contributed by atoms with Crippen molar-refractivity contribution in [1.82, 2.24) is 5.32 Å². The van der Waals surface area contributed by atoms with E-state index < -0.39 is 6.09 Å². The minimum Gasteiger partial charge on any atom is -0.463 e. The average Bonchev–Trinajstić information content (AvgIpc) is 3.08. The highest BCUT2D eigenvalue weighted by atomic mass is 16.6. The van der Waals surface area contributed by atoms with Crippen molar-refractivity contribution in [3.8, 4) is 11.1 Å². The average molecular weight is 411 g/mol. The Hall–Kier alpha value is -2.86.